The number of rotatable bonds is 5. The zero-order valence-electron chi connectivity index (χ0n) is 15.8. The molecule has 12 heteroatoms. The van der Waals surface area contributed by atoms with E-state index in [1.165, 1.54) is 31.2 Å². The predicted molar refractivity (Wildman–Crippen MR) is 101 cm³/mol. The first-order chi connectivity index (χ1) is 13.4. The van der Waals surface area contributed by atoms with Crippen molar-refractivity contribution in [1.29, 1.82) is 0 Å². The number of non-ortho nitro benzene ring substituents is 1. The van der Waals surface area contributed by atoms with Gasteiger partial charge in [0.25, 0.3) is 11.6 Å². The van der Waals surface area contributed by atoms with E-state index >= 15 is 0 Å². The number of carbonyl (C=O) groups excluding carboxylic acids is 3. The van der Waals surface area contributed by atoms with E-state index in [-0.39, 0.29) is 29.2 Å². The highest BCUT2D eigenvalue weighted by molar-refractivity contribution is 7.91. The summed E-state index contributed by atoms with van der Waals surface area (Å²) in [5.41, 5.74) is -2.55. The Morgan fingerprint density at radius 2 is 2.03 bits per heavy atom. The molecule has 1 aromatic rings. The molecule has 2 fully saturated rings. The molecule has 2 atom stereocenters. The van der Waals surface area contributed by atoms with Crippen molar-refractivity contribution in [3.05, 3.63) is 39.9 Å². The normalized spacial score (nSPS) is 28.3. The zero-order chi connectivity index (χ0) is 21.6. The van der Waals surface area contributed by atoms with Gasteiger partial charge in [0, 0.05) is 12.1 Å². The van der Waals surface area contributed by atoms with Gasteiger partial charge in [-0.25, -0.2) is 13.2 Å². The van der Waals surface area contributed by atoms with Crippen LogP contribution in [0.1, 0.15) is 25.8 Å². The van der Waals surface area contributed by atoms with E-state index in [2.05, 4.69) is 10.6 Å². The van der Waals surface area contributed by atoms with E-state index in [0.717, 1.165) is 0 Å². The van der Waals surface area contributed by atoms with Crippen LogP contribution in [0, 0.1) is 10.1 Å². The van der Waals surface area contributed by atoms with Gasteiger partial charge in [-0.2, -0.15) is 0 Å². The summed E-state index contributed by atoms with van der Waals surface area (Å²) in [6, 6.07) is 4.50. The molecule has 2 aliphatic heterocycles. The third-order valence-electron chi connectivity index (χ3n) is 5.16. The maximum atomic E-state index is 12.9. The molecule has 0 aliphatic carbocycles. The fourth-order valence-electron chi connectivity index (χ4n) is 3.60. The van der Waals surface area contributed by atoms with E-state index in [9.17, 15) is 32.9 Å². The number of nitrogens with zero attached hydrogens (tertiary/aromatic N) is 2. The highest BCUT2D eigenvalue weighted by Crippen LogP contribution is 2.31. The monoisotopic (exact) mass is 424 g/mol. The second-order valence-electron chi connectivity index (χ2n) is 7.70. The molecule has 2 saturated heterocycles. The van der Waals surface area contributed by atoms with E-state index < -0.39 is 50.2 Å². The average molecular weight is 424 g/mol. The SMILES string of the molecule is CC1(NC(=O)CN2C(=O)NC(C)(c3cccc([N+](=O)[O-])c3)C2=O)CCS(=O)(=O)C1. The second-order valence-corrected chi connectivity index (χ2v) is 9.89. The molecule has 0 saturated carbocycles. The minimum Gasteiger partial charge on any atom is -0.348 e. The largest absolute Gasteiger partial charge is 0.348 e. The average Bonchev–Trinajstić information content (AvgIpc) is 3.02. The van der Waals surface area contributed by atoms with Crippen molar-refractivity contribution in [2.45, 2.75) is 31.3 Å². The summed E-state index contributed by atoms with van der Waals surface area (Å²) in [5.74, 6) is -1.66. The van der Waals surface area contributed by atoms with Crippen LogP contribution in [0.2, 0.25) is 0 Å². The van der Waals surface area contributed by atoms with Gasteiger partial charge in [-0.3, -0.25) is 24.6 Å². The maximum Gasteiger partial charge on any atom is 0.325 e. The summed E-state index contributed by atoms with van der Waals surface area (Å²) >= 11 is 0. The van der Waals surface area contributed by atoms with Crippen molar-refractivity contribution in [2.75, 3.05) is 18.1 Å². The first kappa shape index (κ1) is 20.7. The second kappa shape index (κ2) is 6.79. The highest BCUT2D eigenvalue weighted by atomic mass is 32.2. The van der Waals surface area contributed by atoms with Crippen LogP contribution in [0.25, 0.3) is 0 Å². The van der Waals surface area contributed by atoms with Crippen molar-refractivity contribution < 1.29 is 27.7 Å². The van der Waals surface area contributed by atoms with Crippen molar-refractivity contribution in [2.24, 2.45) is 0 Å². The maximum absolute atomic E-state index is 12.9. The summed E-state index contributed by atoms with van der Waals surface area (Å²) in [5, 5.41) is 16.1. The van der Waals surface area contributed by atoms with E-state index in [1.807, 2.05) is 0 Å². The number of imide groups is 1. The topological polar surface area (TPSA) is 156 Å². The van der Waals surface area contributed by atoms with Crippen molar-refractivity contribution in [1.82, 2.24) is 15.5 Å². The minimum absolute atomic E-state index is 0.0439. The number of nitro benzene ring substituents is 1. The molecule has 0 spiro atoms. The van der Waals surface area contributed by atoms with Gasteiger partial charge in [-0.05, 0) is 25.8 Å². The van der Waals surface area contributed by atoms with Gasteiger partial charge in [0.15, 0.2) is 9.84 Å². The summed E-state index contributed by atoms with van der Waals surface area (Å²) in [4.78, 5) is 48.7. The standard InChI is InChI=1S/C17H20N4O7S/c1-16(6-7-29(27,28)10-16)18-13(22)9-20-14(23)17(2,19-15(20)24)11-4-3-5-12(8-11)21(25)26/h3-5,8H,6-7,9-10H2,1-2H3,(H,18,22)(H,19,24). The Morgan fingerprint density at radius 1 is 1.34 bits per heavy atom. The van der Waals surface area contributed by atoms with Crippen LogP contribution in [0.3, 0.4) is 0 Å². The van der Waals surface area contributed by atoms with Crippen LogP contribution < -0.4 is 10.6 Å². The zero-order valence-corrected chi connectivity index (χ0v) is 16.6. The molecule has 0 bridgehead atoms. The van der Waals surface area contributed by atoms with Crippen LogP contribution in [0.15, 0.2) is 24.3 Å². The Labute approximate surface area is 166 Å². The molecule has 29 heavy (non-hydrogen) atoms. The molecular formula is C17H20N4O7S. The van der Waals surface area contributed by atoms with Gasteiger partial charge in [0.1, 0.15) is 12.1 Å². The smallest absolute Gasteiger partial charge is 0.325 e. The molecule has 11 nitrogen and oxygen atoms in total. The third-order valence-corrected chi connectivity index (χ3v) is 7.06. The van der Waals surface area contributed by atoms with Crippen LogP contribution >= 0.6 is 0 Å². The molecule has 2 unspecified atom stereocenters. The number of urea groups is 1. The van der Waals surface area contributed by atoms with Gasteiger partial charge < -0.3 is 10.6 Å². The first-order valence-corrected chi connectivity index (χ1v) is 10.6. The highest BCUT2D eigenvalue weighted by Gasteiger charge is 2.50. The number of nitrogens with one attached hydrogen (secondary N) is 2. The van der Waals surface area contributed by atoms with E-state index in [1.54, 1.807) is 6.92 Å². The molecule has 0 radical (unpaired) electrons. The lowest BCUT2D eigenvalue weighted by Crippen LogP contribution is -2.51. The van der Waals surface area contributed by atoms with Crippen LogP contribution in [-0.2, 0) is 25.0 Å². The van der Waals surface area contributed by atoms with Crippen molar-refractivity contribution in [3.8, 4) is 0 Å². The molecule has 3 rings (SSSR count). The molecule has 2 heterocycles. The van der Waals surface area contributed by atoms with E-state index in [0.29, 0.717) is 4.90 Å². The van der Waals surface area contributed by atoms with Gasteiger partial charge in [0.05, 0.1) is 22.0 Å². The molecule has 0 aromatic heterocycles. The fraction of sp³-hybridized carbons (Fsp3) is 0.471. The Morgan fingerprint density at radius 3 is 2.62 bits per heavy atom. The molecule has 2 N–H and O–H groups in total. The fourth-order valence-corrected chi connectivity index (χ4v) is 5.69. The van der Waals surface area contributed by atoms with Crippen molar-refractivity contribution >= 4 is 33.4 Å². The summed E-state index contributed by atoms with van der Waals surface area (Å²) in [7, 11) is -3.24. The number of hydrogen-bond donors (Lipinski definition) is 2. The molecule has 2 aliphatic rings. The lowest BCUT2D eigenvalue weighted by Gasteiger charge is -2.25. The number of benzene rings is 1. The van der Waals surface area contributed by atoms with Gasteiger partial charge in [-0.1, -0.05) is 12.1 Å². The molecule has 156 valence electrons. The number of hydrogen-bond acceptors (Lipinski definition) is 7. The van der Waals surface area contributed by atoms with Crippen LogP contribution in [0.4, 0.5) is 10.5 Å². The summed E-state index contributed by atoms with van der Waals surface area (Å²) in [6.45, 7) is 2.40. The summed E-state index contributed by atoms with van der Waals surface area (Å²) in [6.07, 6.45) is 0.243. The molecule has 4 amide bonds. The van der Waals surface area contributed by atoms with E-state index in [4.69, 9.17) is 0 Å². The Bertz CT molecular complexity index is 1020. The number of carbonyl (C=O) groups is 3. The number of sulfone groups is 1. The number of amides is 4. The molecular weight excluding hydrogens is 404 g/mol. The van der Waals surface area contributed by atoms with Gasteiger partial charge >= 0.3 is 6.03 Å². The third kappa shape index (κ3) is 3.92. The molecule has 1 aromatic carbocycles. The quantitative estimate of drug-likeness (QED) is 0.384. The van der Waals surface area contributed by atoms with Crippen LogP contribution in [-0.4, -0.2) is 59.7 Å². The lowest BCUT2D eigenvalue weighted by molar-refractivity contribution is -0.385. The Balaban J connectivity index is 1.76. The predicted octanol–water partition coefficient (Wildman–Crippen LogP) is 0.0552. The minimum atomic E-state index is -3.24. The van der Waals surface area contributed by atoms with Gasteiger partial charge in [-0.15, -0.1) is 0 Å². The Hall–Kier alpha value is -3.02. The Kier molecular flexibility index (Phi) is 4.85. The van der Waals surface area contributed by atoms with Gasteiger partial charge in [0.2, 0.25) is 5.91 Å². The lowest BCUT2D eigenvalue weighted by atomic mass is 9.91. The first-order valence-electron chi connectivity index (χ1n) is 8.76. The van der Waals surface area contributed by atoms with Crippen LogP contribution in [0.5, 0.6) is 0 Å². The van der Waals surface area contributed by atoms with Crippen molar-refractivity contribution in [3.63, 3.8) is 0 Å². The number of nitro groups is 1. The summed E-state index contributed by atoms with van der Waals surface area (Å²) < 4.78 is 23.3.